The second-order valence-electron chi connectivity index (χ2n) is 5.22. The third kappa shape index (κ3) is 4.29. The van der Waals surface area contributed by atoms with Crippen LogP contribution in [0.5, 0.6) is 17.5 Å². The van der Waals surface area contributed by atoms with E-state index in [1.165, 1.54) is 19.4 Å². The monoisotopic (exact) mass is 336 g/mol. The minimum atomic E-state index is -0.385. The summed E-state index contributed by atoms with van der Waals surface area (Å²) in [4.78, 5) is 16.3. The number of nitrogens with one attached hydrogen (secondary N) is 1. The van der Waals surface area contributed by atoms with Crippen molar-refractivity contribution in [3.63, 3.8) is 0 Å². The SMILES string of the molecule is COc1ccc(C(=O)Nc2ccc(Oc3ccc(C)cc3)nc2)nn1. The van der Waals surface area contributed by atoms with E-state index in [9.17, 15) is 4.79 Å². The molecule has 0 fully saturated rings. The summed E-state index contributed by atoms with van der Waals surface area (Å²) in [5, 5.41) is 10.2. The number of rotatable bonds is 5. The molecule has 0 atom stereocenters. The van der Waals surface area contributed by atoms with E-state index in [0.29, 0.717) is 23.2 Å². The highest BCUT2D eigenvalue weighted by molar-refractivity contribution is 6.02. The third-order valence-corrected chi connectivity index (χ3v) is 3.32. The van der Waals surface area contributed by atoms with E-state index in [4.69, 9.17) is 9.47 Å². The summed E-state index contributed by atoms with van der Waals surface area (Å²) >= 11 is 0. The lowest BCUT2D eigenvalue weighted by atomic mass is 10.2. The van der Waals surface area contributed by atoms with Crippen molar-refractivity contribution in [2.75, 3.05) is 12.4 Å². The Labute approximate surface area is 144 Å². The van der Waals surface area contributed by atoms with E-state index in [2.05, 4.69) is 20.5 Å². The van der Waals surface area contributed by atoms with Gasteiger partial charge in [0.25, 0.3) is 5.91 Å². The number of carbonyl (C=O) groups is 1. The third-order valence-electron chi connectivity index (χ3n) is 3.32. The molecule has 0 saturated carbocycles. The van der Waals surface area contributed by atoms with Crippen molar-refractivity contribution >= 4 is 11.6 Å². The Morgan fingerprint density at radius 2 is 1.72 bits per heavy atom. The fourth-order valence-corrected chi connectivity index (χ4v) is 1.99. The average Bonchev–Trinajstić information content (AvgIpc) is 2.65. The summed E-state index contributed by atoms with van der Waals surface area (Å²) in [6.45, 7) is 2.01. The molecular weight excluding hydrogens is 320 g/mol. The summed E-state index contributed by atoms with van der Waals surface area (Å²) in [6, 6.07) is 14.1. The molecule has 0 unspecified atom stereocenters. The number of carbonyl (C=O) groups excluding carboxylic acids is 1. The van der Waals surface area contributed by atoms with Crippen LogP contribution in [0.3, 0.4) is 0 Å². The Morgan fingerprint density at radius 3 is 2.32 bits per heavy atom. The number of pyridine rings is 1. The Bertz CT molecular complexity index is 847. The van der Waals surface area contributed by atoms with Gasteiger partial charge in [0, 0.05) is 12.1 Å². The van der Waals surface area contributed by atoms with E-state index < -0.39 is 0 Å². The van der Waals surface area contributed by atoms with E-state index >= 15 is 0 Å². The van der Waals surface area contributed by atoms with Crippen LogP contribution < -0.4 is 14.8 Å². The molecule has 1 aromatic carbocycles. The van der Waals surface area contributed by atoms with Crippen molar-refractivity contribution < 1.29 is 14.3 Å². The number of nitrogens with zero attached hydrogens (tertiary/aromatic N) is 3. The van der Waals surface area contributed by atoms with Crippen LogP contribution in [0.15, 0.2) is 54.7 Å². The van der Waals surface area contributed by atoms with Gasteiger partial charge in [-0.2, -0.15) is 0 Å². The number of hydrogen-bond acceptors (Lipinski definition) is 6. The lowest BCUT2D eigenvalue weighted by molar-refractivity contribution is 0.102. The van der Waals surface area contributed by atoms with Crippen LogP contribution in [0.4, 0.5) is 5.69 Å². The van der Waals surface area contributed by atoms with Crippen LogP contribution >= 0.6 is 0 Å². The lowest BCUT2D eigenvalue weighted by Gasteiger charge is -2.07. The molecule has 3 aromatic rings. The summed E-state index contributed by atoms with van der Waals surface area (Å²) < 4.78 is 10.5. The molecule has 1 N–H and O–H groups in total. The van der Waals surface area contributed by atoms with Gasteiger partial charge in [0.15, 0.2) is 5.69 Å². The molecule has 1 amide bonds. The largest absolute Gasteiger partial charge is 0.480 e. The van der Waals surface area contributed by atoms with E-state index in [-0.39, 0.29) is 11.6 Å². The molecule has 126 valence electrons. The quantitative estimate of drug-likeness (QED) is 0.770. The van der Waals surface area contributed by atoms with E-state index in [0.717, 1.165) is 5.56 Å². The molecule has 2 heterocycles. The van der Waals surface area contributed by atoms with Crippen molar-refractivity contribution in [1.82, 2.24) is 15.2 Å². The number of amides is 1. The fourth-order valence-electron chi connectivity index (χ4n) is 1.99. The van der Waals surface area contributed by atoms with Gasteiger partial charge in [0.1, 0.15) is 5.75 Å². The standard InChI is InChI=1S/C18H16N4O3/c1-12-3-6-14(7-4-12)25-16-9-5-13(11-19-16)20-18(23)15-8-10-17(24-2)22-21-15/h3-11H,1-2H3,(H,20,23). The number of ether oxygens (including phenoxy) is 2. The highest BCUT2D eigenvalue weighted by atomic mass is 16.5. The van der Waals surface area contributed by atoms with Crippen molar-refractivity contribution in [3.05, 3.63) is 66.0 Å². The molecule has 0 aliphatic rings. The first-order valence-corrected chi connectivity index (χ1v) is 7.54. The van der Waals surface area contributed by atoms with Crippen molar-refractivity contribution in [3.8, 4) is 17.5 Å². The molecule has 2 aromatic heterocycles. The molecule has 0 spiro atoms. The van der Waals surface area contributed by atoms with Gasteiger partial charge in [-0.3, -0.25) is 4.79 Å². The Morgan fingerprint density at radius 1 is 0.960 bits per heavy atom. The smallest absolute Gasteiger partial charge is 0.276 e. The van der Waals surface area contributed by atoms with Crippen molar-refractivity contribution in [1.29, 1.82) is 0 Å². The zero-order valence-electron chi connectivity index (χ0n) is 13.8. The molecular formula is C18H16N4O3. The average molecular weight is 336 g/mol. The van der Waals surface area contributed by atoms with Crippen LogP contribution in [0.1, 0.15) is 16.1 Å². The van der Waals surface area contributed by atoms with E-state index in [1.54, 1.807) is 18.2 Å². The molecule has 25 heavy (non-hydrogen) atoms. The predicted molar refractivity (Wildman–Crippen MR) is 92.0 cm³/mol. The van der Waals surface area contributed by atoms with Crippen molar-refractivity contribution in [2.45, 2.75) is 6.92 Å². The van der Waals surface area contributed by atoms with Gasteiger partial charge in [0.2, 0.25) is 11.8 Å². The van der Waals surface area contributed by atoms with Crippen LogP contribution in [-0.4, -0.2) is 28.2 Å². The van der Waals surface area contributed by atoms with Gasteiger partial charge in [-0.1, -0.05) is 17.7 Å². The van der Waals surface area contributed by atoms with Crippen LogP contribution in [-0.2, 0) is 0 Å². The fraction of sp³-hybridized carbons (Fsp3) is 0.111. The van der Waals surface area contributed by atoms with Crippen LogP contribution in [0, 0.1) is 6.92 Å². The first-order valence-electron chi connectivity index (χ1n) is 7.54. The molecule has 0 radical (unpaired) electrons. The maximum Gasteiger partial charge on any atom is 0.276 e. The molecule has 7 heteroatoms. The Kier molecular flexibility index (Phi) is 4.84. The molecule has 0 bridgehead atoms. The van der Waals surface area contributed by atoms with Crippen LogP contribution in [0.25, 0.3) is 0 Å². The first kappa shape index (κ1) is 16.4. The predicted octanol–water partition coefficient (Wildman–Crippen LogP) is 3.23. The molecule has 7 nitrogen and oxygen atoms in total. The highest BCUT2D eigenvalue weighted by Gasteiger charge is 2.09. The minimum absolute atomic E-state index is 0.181. The zero-order valence-corrected chi connectivity index (χ0v) is 13.8. The van der Waals surface area contributed by atoms with E-state index in [1.807, 2.05) is 31.2 Å². The maximum absolute atomic E-state index is 12.1. The van der Waals surface area contributed by atoms with Gasteiger partial charge in [-0.05, 0) is 31.2 Å². The number of methoxy groups -OCH3 is 1. The molecule has 0 aliphatic carbocycles. The second kappa shape index (κ2) is 7.39. The normalized spacial score (nSPS) is 10.2. The topological polar surface area (TPSA) is 86.2 Å². The van der Waals surface area contributed by atoms with Crippen molar-refractivity contribution in [2.24, 2.45) is 0 Å². The van der Waals surface area contributed by atoms with Gasteiger partial charge < -0.3 is 14.8 Å². The van der Waals surface area contributed by atoms with Crippen LogP contribution in [0.2, 0.25) is 0 Å². The van der Waals surface area contributed by atoms with Gasteiger partial charge in [-0.15, -0.1) is 10.2 Å². The minimum Gasteiger partial charge on any atom is -0.480 e. The number of aromatic nitrogens is 3. The number of aryl methyl sites for hydroxylation is 1. The maximum atomic E-state index is 12.1. The molecule has 3 rings (SSSR count). The number of anilines is 1. The zero-order chi connectivity index (χ0) is 17.6. The summed E-state index contributed by atoms with van der Waals surface area (Å²) in [7, 11) is 1.48. The van der Waals surface area contributed by atoms with Gasteiger partial charge in [-0.25, -0.2) is 4.98 Å². The Hall–Kier alpha value is -3.48. The second-order valence-corrected chi connectivity index (χ2v) is 5.22. The summed E-state index contributed by atoms with van der Waals surface area (Å²) in [5.41, 5.74) is 1.86. The highest BCUT2D eigenvalue weighted by Crippen LogP contribution is 2.21. The molecule has 0 aliphatic heterocycles. The molecule has 0 saturated heterocycles. The number of benzene rings is 1. The summed E-state index contributed by atoms with van der Waals surface area (Å²) in [6.07, 6.45) is 1.51. The number of hydrogen-bond donors (Lipinski definition) is 1. The van der Waals surface area contributed by atoms with Gasteiger partial charge in [0.05, 0.1) is 19.0 Å². The first-order chi connectivity index (χ1) is 12.1. The summed E-state index contributed by atoms with van der Waals surface area (Å²) in [5.74, 6) is 1.09. The Balaban J connectivity index is 1.63. The van der Waals surface area contributed by atoms with Gasteiger partial charge >= 0.3 is 0 Å². The lowest BCUT2D eigenvalue weighted by Crippen LogP contribution is -2.14.